The Balaban J connectivity index is 1.00. The summed E-state index contributed by atoms with van der Waals surface area (Å²) >= 11 is 1.44. The summed E-state index contributed by atoms with van der Waals surface area (Å²) in [6.45, 7) is 8.57. The van der Waals surface area contributed by atoms with E-state index in [0.717, 1.165) is 42.3 Å². The van der Waals surface area contributed by atoms with Crippen molar-refractivity contribution in [2.45, 2.75) is 51.4 Å². The molecule has 0 N–H and O–H groups in total. The summed E-state index contributed by atoms with van der Waals surface area (Å²) in [6.07, 6.45) is 2.92. The number of carbonyl (C=O) groups excluding carboxylic acids is 1. The molecule has 2 saturated heterocycles. The molecule has 4 heterocycles. The van der Waals surface area contributed by atoms with Gasteiger partial charge in [0.1, 0.15) is 11.9 Å². The van der Waals surface area contributed by atoms with Gasteiger partial charge in [-0.3, -0.25) is 9.80 Å². The van der Waals surface area contributed by atoms with E-state index in [0.29, 0.717) is 24.2 Å². The standard InChI is InChI=1S/C26H30FN5O2S/c1-17-12-31(24-29-23-22(35-24)8-20(27)11-28-23)13-18(2)32(17)25(33)34-21-9-26(10-21)15-30(16-26)14-19-6-4-3-5-7-19/h3-8,11,17-18,21H,9-10,12-16H2,1-2H3/t17-,18+. The number of anilines is 1. The average Bonchev–Trinajstić information content (AvgIpc) is 3.19. The lowest BCUT2D eigenvalue weighted by Gasteiger charge is -2.58. The first-order chi connectivity index (χ1) is 16.9. The number of piperazine rings is 1. The monoisotopic (exact) mass is 495 g/mol. The largest absolute Gasteiger partial charge is 0.446 e. The molecule has 3 aromatic rings. The molecule has 2 atom stereocenters. The van der Waals surface area contributed by atoms with Gasteiger partial charge in [0, 0.05) is 38.1 Å². The van der Waals surface area contributed by atoms with Crippen LogP contribution in [0.3, 0.4) is 0 Å². The second kappa shape index (κ2) is 8.71. The molecule has 1 aliphatic carbocycles. The zero-order valence-corrected chi connectivity index (χ0v) is 20.9. The van der Waals surface area contributed by atoms with Gasteiger partial charge in [-0.2, -0.15) is 4.98 Å². The number of pyridine rings is 1. The lowest BCUT2D eigenvalue weighted by atomic mass is 9.61. The van der Waals surface area contributed by atoms with Gasteiger partial charge in [-0.1, -0.05) is 41.7 Å². The van der Waals surface area contributed by atoms with Crippen molar-refractivity contribution in [1.82, 2.24) is 19.8 Å². The van der Waals surface area contributed by atoms with E-state index < -0.39 is 0 Å². The molecule has 2 aliphatic heterocycles. The molecule has 184 valence electrons. The number of aromatic nitrogens is 2. The van der Waals surface area contributed by atoms with E-state index in [2.05, 4.69) is 44.0 Å². The number of carbonyl (C=O) groups is 1. The zero-order valence-electron chi connectivity index (χ0n) is 20.1. The minimum absolute atomic E-state index is 0.0120. The van der Waals surface area contributed by atoms with Crippen LogP contribution in [0.1, 0.15) is 32.3 Å². The molecule has 6 rings (SSSR count). The highest BCUT2D eigenvalue weighted by molar-refractivity contribution is 7.22. The van der Waals surface area contributed by atoms with Crippen molar-refractivity contribution in [3.63, 3.8) is 0 Å². The van der Waals surface area contributed by atoms with Crippen LogP contribution in [-0.2, 0) is 11.3 Å². The topological polar surface area (TPSA) is 61.8 Å². The predicted molar refractivity (Wildman–Crippen MR) is 134 cm³/mol. The van der Waals surface area contributed by atoms with Gasteiger partial charge < -0.3 is 9.64 Å². The van der Waals surface area contributed by atoms with Crippen molar-refractivity contribution in [1.29, 1.82) is 0 Å². The second-order valence-corrected chi connectivity index (χ2v) is 11.5. The third-order valence-corrected chi connectivity index (χ3v) is 8.61. The lowest BCUT2D eigenvalue weighted by molar-refractivity contribution is -0.137. The molecule has 35 heavy (non-hydrogen) atoms. The Morgan fingerprint density at radius 2 is 1.89 bits per heavy atom. The Hall–Kier alpha value is -2.78. The first kappa shape index (κ1) is 22.7. The molecule has 0 bridgehead atoms. The van der Waals surface area contributed by atoms with E-state index in [9.17, 15) is 9.18 Å². The molecule has 2 aromatic heterocycles. The Morgan fingerprint density at radius 3 is 2.60 bits per heavy atom. The van der Waals surface area contributed by atoms with Crippen molar-refractivity contribution in [2.75, 3.05) is 31.1 Å². The van der Waals surface area contributed by atoms with Crippen LogP contribution in [0.25, 0.3) is 10.3 Å². The first-order valence-electron chi connectivity index (χ1n) is 12.3. The van der Waals surface area contributed by atoms with Crippen molar-refractivity contribution < 1.29 is 13.9 Å². The van der Waals surface area contributed by atoms with Gasteiger partial charge >= 0.3 is 6.09 Å². The molecule has 1 aromatic carbocycles. The minimum atomic E-state index is -0.356. The summed E-state index contributed by atoms with van der Waals surface area (Å²) in [5.74, 6) is -0.356. The number of hydrogen-bond donors (Lipinski definition) is 0. The molecular weight excluding hydrogens is 465 g/mol. The van der Waals surface area contributed by atoms with Crippen LogP contribution in [0.4, 0.5) is 14.3 Å². The fourth-order valence-electron chi connectivity index (χ4n) is 6.07. The molecule has 3 aliphatic rings. The number of benzene rings is 1. The fourth-order valence-corrected chi connectivity index (χ4v) is 7.03. The van der Waals surface area contributed by atoms with Gasteiger partial charge in [0.2, 0.25) is 0 Å². The van der Waals surface area contributed by atoms with Crippen LogP contribution in [0.5, 0.6) is 0 Å². The highest BCUT2D eigenvalue weighted by atomic mass is 32.1. The summed E-state index contributed by atoms with van der Waals surface area (Å²) < 4.78 is 20.2. The number of hydrogen-bond acceptors (Lipinski definition) is 7. The van der Waals surface area contributed by atoms with Crippen LogP contribution in [-0.4, -0.2) is 70.2 Å². The van der Waals surface area contributed by atoms with Crippen LogP contribution in [0.15, 0.2) is 42.6 Å². The number of amides is 1. The average molecular weight is 496 g/mol. The van der Waals surface area contributed by atoms with E-state index in [1.807, 2.05) is 24.8 Å². The Kier molecular flexibility index (Phi) is 5.64. The number of thiazole rings is 1. The molecular formula is C26H30FN5O2S. The third kappa shape index (κ3) is 4.36. The van der Waals surface area contributed by atoms with Crippen molar-refractivity contribution in [3.05, 3.63) is 54.0 Å². The summed E-state index contributed by atoms with van der Waals surface area (Å²) in [4.78, 5) is 28.3. The molecule has 1 saturated carbocycles. The van der Waals surface area contributed by atoms with Gasteiger partial charge in [-0.25, -0.2) is 14.2 Å². The molecule has 0 radical (unpaired) electrons. The van der Waals surface area contributed by atoms with Gasteiger partial charge in [-0.05, 0) is 38.3 Å². The molecule has 1 amide bonds. The number of fused-ring (bicyclic) bond motifs is 1. The zero-order chi connectivity index (χ0) is 24.2. The number of ether oxygens (including phenoxy) is 1. The molecule has 3 fully saturated rings. The van der Waals surface area contributed by atoms with Crippen LogP contribution in [0.2, 0.25) is 0 Å². The third-order valence-electron chi connectivity index (χ3n) is 7.56. The van der Waals surface area contributed by atoms with Crippen molar-refractivity contribution >= 4 is 32.9 Å². The number of rotatable bonds is 4. The lowest BCUT2D eigenvalue weighted by Crippen LogP contribution is -2.64. The SMILES string of the molecule is C[C@@H]1CN(c2nc3ncc(F)cc3s2)C[C@H](C)N1C(=O)OC1CC2(C1)CN(Cc1ccccc1)C2. The Labute approximate surface area is 208 Å². The fraction of sp³-hybridized carbons (Fsp3) is 0.500. The van der Waals surface area contributed by atoms with E-state index >= 15 is 0 Å². The Morgan fingerprint density at radius 1 is 1.17 bits per heavy atom. The van der Waals surface area contributed by atoms with E-state index in [1.54, 1.807) is 0 Å². The predicted octanol–water partition coefficient (Wildman–Crippen LogP) is 4.53. The Bertz CT molecular complexity index is 1210. The van der Waals surface area contributed by atoms with Gasteiger partial charge in [-0.15, -0.1) is 0 Å². The summed E-state index contributed by atoms with van der Waals surface area (Å²) in [5.41, 5.74) is 2.24. The maximum Gasteiger partial charge on any atom is 0.410 e. The van der Waals surface area contributed by atoms with E-state index in [-0.39, 0.29) is 30.1 Å². The maximum absolute atomic E-state index is 13.5. The molecule has 9 heteroatoms. The molecule has 7 nitrogen and oxygen atoms in total. The van der Waals surface area contributed by atoms with E-state index in [4.69, 9.17) is 4.74 Å². The maximum atomic E-state index is 13.5. The highest BCUT2D eigenvalue weighted by Gasteiger charge is 2.54. The van der Waals surface area contributed by atoms with Crippen LogP contribution >= 0.6 is 11.3 Å². The van der Waals surface area contributed by atoms with Crippen molar-refractivity contribution in [3.8, 4) is 0 Å². The van der Waals surface area contributed by atoms with Crippen molar-refractivity contribution in [2.24, 2.45) is 5.41 Å². The smallest absolute Gasteiger partial charge is 0.410 e. The van der Waals surface area contributed by atoms with Crippen LogP contribution < -0.4 is 4.90 Å². The summed E-state index contributed by atoms with van der Waals surface area (Å²) in [7, 11) is 0. The van der Waals surface area contributed by atoms with Gasteiger partial charge in [0.25, 0.3) is 0 Å². The minimum Gasteiger partial charge on any atom is -0.446 e. The number of likely N-dealkylation sites (tertiary alicyclic amines) is 1. The van der Waals surface area contributed by atoms with Gasteiger partial charge in [0.05, 0.1) is 23.0 Å². The second-order valence-electron chi connectivity index (χ2n) is 10.5. The highest BCUT2D eigenvalue weighted by Crippen LogP contribution is 2.50. The number of halogens is 1. The first-order valence-corrected chi connectivity index (χ1v) is 13.1. The quantitative estimate of drug-likeness (QED) is 0.530. The van der Waals surface area contributed by atoms with E-state index in [1.165, 1.54) is 29.2 Å². The molecule has 1 spiro atoms. The molecule has 0 unspecified atom stereocenters. The van der Waals surface area contributed by atoms with Gasteiger partial charge in [0.15, 0.2) is 10.8 Å². The number of nitrogens with zero attached hydrogens (tertiary/aromatic N) is 5. The normalized spacial score (nSPS) is 24.4. The summed E-state index contributed by atoms with van der Waals surface area (Å²) in [5, 5.41) is 0.816. The summed E-state index contributed by atoms with van der Waals surface area (Å²) in [6, 6.07) is 12.0. The van der Waals surface area contributed by atoms with Crippen LogP contribution in [0, 0.1) is 11.2 Å².